The fraction of sp³-hybridized carbons (Fsp3) is 0.917. The van der Waals surface area contributed by atoms with E-state index in [4.69, 9.17) is 4.74 Å². The fourth-order valence-electron chi connectivity index (χ4n) is 1.38. The van der Waals surface area contributed by atoms with E-state index in [0.29, 0.717) is 6.61 Å². The molecule has 0 aliphatic rings. The van der Waals surface area contributed by atoms with Gasteiger partial charge in [-0.15, -0.1) is 0 Å². The standard InChI is InChI=1S/C12H27N3O/c1-11(2)7-5-6-8-14-12(13-3)15-9-10-16-4/h11H,5-10H2,1-4H3,(H2,13,14,15). The average Bonchev–Trinajstić information content (AvgIpc) is 2.26. The zero-order valence-electron chi connectivity index (χ0n) is 11.2. The summed E-state index contributed by atoms with van der Waals surface area (Å²) in [6, 6.07) is 0. The van der Waals surface area contributed by atoms with Crippen LogP contribution in [0.3, 0.4) is 0 Å². The summed E-state index contributed by atoms with van der Waals surface area (Å²) in [7, 11) is 3.49. The molecule has 0 saturated carbocycles. The lowest BCUT2D eigenvalue weighted by atomic mass is 10.1. The molecule has 4 heteroatoms. The Morgan fingerprint density at radius 1 is 1.19 bits per heavy atom. The van der Waals surface area contributed by atoms with Crippen LogP contribution in [0.15, 0.2) is 4.99 Å². The zero-order valence-corrected chi connectivity index (χ0v) is 11.2. The number of guanidine groups is 1. The molecule has 0 aromatic carbocycles. The highest BCUT2D eigenvalue weighted by Crippen LogP contribution is 2.04. The number of methoxy groups -OCH3 is 1. The minimum atomic E-state index is 0.702. The Balaban J connectivity index is 3.41. The van der Waals surface area contributed by atoms with Crippen LogP contribution in [0, 0.1) is 5.92 Å². The lowest BCUT2D eigenvalue weighted by Gasteiger charge is -2.11. The van der Waals surface area contributed by atoms with Crippen molar-refractivity contribution in [1.82, 2.24) is 10.6 Å². The lowest BCUT2D eigenvalue weighted by molar-refractivity contribution is 0.203. The zero-order chi connectivity index (χ0) is 12.2. The number of nitrogens with one attached hydrogen (secondary N) is 2. The normalized spacial score (nSPS) is 11.9. The second-order valence-corrected chi connectivity index (χ2v) is 4.31. The van der Waals surface area contributed by atoms with Crippen LogP contribution in [-0.2, 0) is 4.74 Å². The van der Waals surface area contributed by atoms with Crippen LogP contribution in [0.25, 0.3) is 0 Å². The number of hydrogen-bond acceptors (Lipinski definition) is 2. The van der Waals surface area contributed by atoms with Gasteiger partial charge < -0.3 is 15.4 Å². The Bertz CT molecular complexity index is 181. The Morgan fingerprint density at radius 2 is 1.88 bits per heavy atom. The molecule has 16 heavy (non-hydrogen) atoms. The summed E-state index contributed by atoms with van der Waals surface area (Å²) in [5.74, 6) is 1.67. The molecule has 0 amide bonds. The third kappa shape index (κ3) is 9.77. The predicted octanol–water partition coefficient (Wildman–Crippen LogP) is 1.62. The molecule has 0 radical (unpaired) electrons. The molecule has 0 bridgehead atoms. The van der Waals surface area contributed by atoms with E-state index < -0.39 is 0 Å². The molecule has 0 saturated heterocycles. The topological polar surface area (TPSA) is 45.7 Å². The average molecular weight is 229 g/mol. The number of hydrogen-bond donors (Lipinski definition) is 2. The molecule has 2 N–H and O–H groups in total. The molecule has 0 aromatic heterocycles. The highest BCUT2D eigenvalue weighted by Gasteiger charge is 1.97. The molecule has 0 fully saturated rings. The molecule has 96 valence electrons. The van der Waals surface area contributed by atoms with Crippen molar-refractivity contribution in [3.05, 3.63) is 0 Å². The highest BCUT2D eigenvalue weighted by molar-refractivity contribution is 5.79. The Hall–Kier alpha value is -0.770. The van der Waals surface area contributed by atoms with E-state index in [1.54, 1.807) is 14.2 Å². The SMILES string of the molecule is CN=C(NCCCCC(C)C)NCCOC. The summed E-state index contributed by atoms with van der Waals surface area (Å²) in [5, 5.41) is 6.47. The Kier molecular flexibility index (Phi) is 10.2. The van der Waals surface area contributed by atoms with E-state index in [1.807, 2.05) is 0 Å². The Morgan fingerprint density at radius 3 is 2.44 bits per heavy atom. The highest BCUT2D eigenvalue weighted by atomic mass is 16.5. The summed E-state index contributed by atoms with van der Waals surface area (Å²) >= 11 is 0. The van der Waals surface area contributed by atoms with Gasteiger partial charge in [0.1, 0.15) is 0 Å². The van der Waals surface area contributed by atoms with Crippen molar-refractivity contribution in [1.29, 1.82) is 0 Å². The first-order valence-electron chi connectivity index (χ1n) is 6.14. The van der Waals surface area contributed by atoms with Gasteiger partial charge in [-0.05, 0) is 12.3 Å². The van der Waals surface area contributed by atoms with E-state index in [1.165, 1.54) is 19.3 Å². The molecule has 4 nitrogen and oxygen atoms in total. The second kappa shape index (κ2) is 10.7. The van der Waals surface area contributed by atoms with Gasteiger partial charge in [0.2, 0.25) is 0 Å². The molecule has 0 rings (SSSR count). The van der Waals surface area contributed by atoms with Gasteiger partial charge in [-0.25, -0.2) is 0 Å². The minimum Gasteiger partial charge on any atom is -0.383 e. The number of unbranched alkanes of at least 4 members (excludes halogenated alkanes) is 1. The van der Waals surface area contributed by atoms with Crippen LogP contribution < -0.4 is 10.6 Å². The molecule has 0 unspecified atom stereocenters. The maximum atomic E-state index is 4.96. The summed E-state index contributed by atoms with van der Waals surface area (Å²) in [4.78, 5) is 4.13. The van der Waals surface area contributed by atoms with Crippen LogP contribution in [0.4, 0.5) is 0 Å². The van der Waals surface area contributed by atoms with E-state index in [-0.39, 0.29) is 0 Å². The monoisotopic (exact) mass is 229 g/mol. The first kappa shape index (κ1) is 15.2. The first-order valence-corrected chi connectivity index (χ1v) is 6.14. The van der Waals surface area contributed by atoms with Gasteiger partial charge in [-0.2, -0.15) is 0 Å². The van der Waals surface area contributed by atoms with Crippen molar-refractivity contribution in [2.45, 2.75) is 33.1 Å². The largest absolute Gasteiger partial charge is 0.383 e. The Labute approximate surface area is 99.9 Å². The smallest absolute Gasteiger partial charge is 0.191 e. The van der Waals surface area contributed by atoms with Crippen molar-refractivity contribution in [3.63, 3.8) is 0 Å². The quantitative estimate of drug-likeness (QED) is 0.378. The molecule has 0 aromatic rings. The lowest BCUT2D eigenvalue weighted by Crippen LogP contribution is -2.39. The van der Waals surface area contributed by atoms with Gasteiger partial charge in [-0.3, -0.25) is 4.99 Å². The van der Waals surface area contributed by atoms with Crippen molar-refractivity contribution in [2.75, 3.05) is 33.9 Å². The number of aliphatic imine (C=N–C) groups is 1. The summed E-state index contributed by atoms with van der Waals surface area (Å²) in [6.45, 7) is 7.01. The third-order valence-electron chi connectivity index (χ3n) is 2.32. The molecular weight excluding hydrogens is 202 g/mol. The number of rotatable bonds is 8. The molecule has 0 aliphatic carbocycles. The van der Waals surface area contributed by atoms with Gasteiger partial charge in [0.25, 0.3) is 0 Å². The molecular formula is C12H27N3O. The van der Waals surface area contributed by atoms with Crippen molar-refractivity contribution < 1.29 is 4.74 Å². The first-order chi connectivity index (χ1) is 7.70. The molecule has 0 aliphatic heterocycles. The maximum Gasteiger partial charge on any atom is 0.191 e. The van der Waals surface area contributed by atoms with Gasteiger partial charge >= 0.3 is 0 Å². The minimum absolute atomic E-state index is 0.702. The maximum absolute atomic E-state index is 4.96. The van der Waals surface area contributed by atoms with Crippen molar-refractivity contribution in [2.24, 2.45) is 10.9 Å². The number of ether oxygens (including phenoxy) is 1. The van der Waals surface area contributed by atoms with Gasteiger partial charge in [0.15, 0.2) is 5.96 Å². The predicted molar refractivity (Wildman–Crippen MR) is 69.9 cm³/mol. The molecule has 0 atom stereocenters. The van der Waals surface area contributed by atoms with Crippen LogP contribution in [0.5, 0.6) is 0 Å². The number of nitrogens with zero attached hydrogens (tertiary/aromatic N) is 1. The van der Waals surface area contributed by atoms with Crippen molar-refractivity contribution >= 4 is 5.96 Å². The van der Waals surface area contributed by atoms with Gasteiger partial charge in [-0.1, -0.05) is 26.7 Å². The summed E-state index contributed by atoms with van der Waals surface area (Å²) in [5.41, 5.74) is 0. The van der Waals surface area contributed by atoms with E-state index >= 15 is 0 Å². The summed E-state index contributed by atoms with van der Waals surface area (Å²) < 4.78 is 4.96. The fourth-order valence-corrected chi connectivity index (χ4v) is 1.38. The van der Waals surface area contributed by atoms with E-state index in [0.717, 1.165) is 25.0 Å². The van der Waals surface area contributed by atoms with E-state index in [9.17, 15) is 0 Å². The van der Waals surface area contributed by atoms with Gasteiger partial charge in [0.05, 0.1) is 6.61 Å². The third-order valence-corrected chi connectivity index (χ3v) is 2.32. The molecule has 0 spiro atoms. The summed E-state index contributed by atoms with van der Waals surface area (Å²) in [6.07, 6.45) is 3.78. The van der Waals surface area contributed by atoms with E-state index in [2.05, 4.69) is 29.5 Å². The van der Waals surface area contributed by atoms with Crippen LogP contribution in [0.1, 0.15) is 33.1 Å². The van der Waals surface area contributed by atoms with Crippen LogP contribution >= 0.6 is 0 Å². The van der Waals surface area contributed by atoms with Crippen molar-refractivity contribution in [3.8, 4) is 0 Å². The second-order valence-electron chi connectivity index (χ2n) is 4.31. The van der Waals surface area contributed by atoms with Gasteiger partial charge in [0, 0.05) is 27.2 Å². The van der Waals surface area contributed by atoms with Crippen LogP contribution in [0.2, 0.25) is 0 Å². The molecule has 0 heterocycles. The van der Waals surface area contributed by atoms with Crippen LogP contribution in [-0.4, -0.2) is 39.8 Å².